The van der Waals surface area contributed by atoms with Crippen molar-refractivity contribution in [2.24, 2.45) is 0 Å². The monoisotopic (exact) mass is 328 g/mol. The zero-order chi connectivity index (χ0) is 16.4. The molecule has 0 atom stereocenters. The highest BCUT2D eigenvalue weighted by Crippen LogP contribution is 2.11. The number of benzene rings is 1. The standard InChI is InChI=1S/C15H24N2O4S/c1-3-10-17-22(19,20)14-7-4-13(5-8-14)6-9-15(18)16-11-12-21-2/h4-5,7-8,17H,3,6,9-12H2,1-2H3,(H,16,18). The van der Waals surface area contributed by atoms with Crippen LogP contribution in [0.5, 0.6) is 0 Å². The van der Waals surface area contributed by atoms with Crippen molar-refractivity contribution < 1.29 is 17.9 Å². The normalized spacial score (nSPS) is 11.4. The van der Waals surface area contributed by atoms with Gasteiger partial charge in [0, 0.05) is 26.6 Å². The van der Waals surface area contributed by atoms with E-state index in [1.807, 2.05) is 6.92 Å². The van der Waals surface area contributed by atoms with E-state index in [4.69, 9.17) is 4.74 Å². The summed E-state index contributed by atoms with van der Waals surface area (Å²) in [5.41, 5.74) is 0.927. The van der Waals surface area contributed by atoms with Gasteiger partial charge in [0.2, 0.25) is 15.9 Å². The molecule has 1 aromatic rings. The van der Waals surface area contributed by atoms with Crippen molar-refractivity contribution in [2.45, 2.75) is 31.1 Å². The summed E-state index contributed by atoms with van der Waals surface area (Å²) in [5.74, 6) is -0.0432. The molecular formula is C15H24N2O4S. The highest BCUT2D eigenvalue weighted by atomic mass is 32.2. The van der Waals surface area contributed by atoms with Crippen molar-refractivity contribution in [3.8, 4) is 0 Å². The Labute approximate surface area is 132 Å². The number of ether oxygens (including phenoxy) is 1. The first-order chi connectivity index (χ1) is 10.5. The van der Waals surface area contributed by atoms with Gasteiger partial charge in [0.15, 0.2) is 0 Å². The van der Waals surface area contributed by atoms with Gasteiger partial charge in [0.25, 0.3) is 0 Å². The van der Waals surface area contributed by atoms with Gasteiger partial charge in [-0.2, -0.15) is 0 Å². The van der Waals surface area contributed by atoms with Crippen molar-refractivity contribution in [1.82, 2.24) is 10.0 Å². The third-order valence-corrected chi connectivity index (χ3v) is 4.52. The van der Waals surface area contributed by atoms with Gasteiger partial charge >= 0.3 is 0 Å². The molecule has 1 rings (SSSR count). The lowest BCUT2D eigenvalue weighted by atomic mass is 10.1. The van der Waals surface area contributed by atoms with Crippen LogP contribution in [0.15, 0.2) is 29.2 Å². The largest absolute Gasteiger partial charge is 0.383 e. The minimum atomic E-state index is -3.43. The molecule has 1 aromatic carbocycles. The third kappa shape index (κ3) is 6.55. The average molecular weight is 328 g/mol. The minimum absolute atomic E-state index is 0.0432. The second kappa shape index (κ2) is 9.55. The van der Waals surface area contributed by atoms with Gasteiger partial charge in [-0.25, -0.2) is 13.1 Å². The Bertz CT molecular complexity index is 555. The Balaban J connectivity index is 2.50. The van der Waals surface area contributed by atoms with Crippen LogP contribution in [0.25, 0.3) is 0 Å². The second-order valence-corrected chi connectivity index (χ2v) is 6.65. The molecule has 22 heavy (non-hydrogen) atoms. The number of methoxy groups -OCH3 is 1. The number of carbonyl (C=O) groups is 1. The molecule has 0 fully saturated rings. The molecule has 6 nitrogen and oxygen atoms in total. The van der Waals surface area contributed by atoms with E-state index < -0.39 is 10.0 Å². The molecule has 0 aliphatic rings. The van der Waals surface area contributed by atoms with Gasteiger partial charge in [-0.05, 0) is 30.5 Å². The molecule has 2 N–H and O–H groups in total. The van der Waals surface area contributed by atoms with Gasteiger partial charge in [0.1, 0.15) is 0 Å². The van der Waals surface area contributed by atoms with Crippen molar-refractivity contribution in [2.75, 3.05) is 26.8 Å². The Morgan fingerprint density at radius 1 is 1.18 bits per heavy atom. The van der Waals surface area contributed by atoms with Crippen molar-refractivity contribution in [3.63, 3.8) is 0 Å². The molecule has 0 unspecified atom stereocenters. The number of rotatable bonds is 10. The first kappa shape index (κ1) is 18.6. The van der Waals surface area contributed by atoms with Crippen LogP contribution < -0.4 is 10.0 Å². The van der Waals surface area contributed by atoms with Crippen LogP contribution >= 0.6 is 0 Å². The van der Waals surface area contributed by atoms with Crippen LogP contribution in [0.4, 0.5) is 0 Å². The number of sulfonamides is 1. The maximum atomic E-state index is 11.9. The highest BCUT2D eigenvalue weighted by Gasteiger charge is 2.12. The van der Waals surface area contributed by atoms with E-state index in [1.165, 1.54) is 0 Å². The van der Waals surface area contributed by atoms with Gasteiger partial charge in [-0.1, -0.05) is 19.1 Å². The fourth-order valence-corrected chi connectivity index (χ4v) is 2.93. The molecule has 0 spiro atoms. The summed E-state index contributed by atoms with van der Waals surface area (Å²) in [4.78, 5) is 11.8. The van der Waals surface area contributed by atoms with Crippen LogP contribution in [0.3, 0.4) is 0 Å². The molecule has 0 saturated heterocycles. The summed E-state index contributed by atoms with van der Waals surface area (Å²) < 4.78 is 31.2. The van der Waals surface area contributed by atoms with E-state index in [0.717, 1.165) is 12.0 Å². The number of nitrogens with one attached hydrogen (secondary N) is 2. The van der Waals surface area contributed by atoms with Crippen molar-refractivity contribution in [1.29, 1.82) is 0 Å². The molecule has 0 aliphatic heterocycles. The van der Waals surface area contributed by atoms with E-state index >= 15 is 0 Å². The minimum Gasteiger partial charge on any atom is -0.383 e. The number of carbonyl (C=O) groups excluding carboxylic acids is 1. The summed E-state index contributed by atoms with van der Waals surface area (Å²) in [6, 6.07) is 6.61. The van der Waals surface area contributed by atoms with E-state index in [9.17, 15) is 13.2 Å². The molecule has 0 radical (unpaired) electrons. The van der Waals surface area contributed by atoms with E-state index in [1.54, 1.807) is 31.4 Å². The first-order valence-electron chi connectivity index (χ1n) is 7.34. The Kier molecular flexibility index (Phi) is 8.08. The van der Waals surface area contributed by atoms with Crippen LogP contribution in [-0.2, 0) is 26.0 Å². The van der Waals surface area contributed by atoms with Gasteiger partial charge in [-0.15, -0.1) is 0 Å². The number of hydrogen-bond acceptors (Lipinski definition) is 4. The predicted molar refractivity (Wildman–Crippen MR) is 85.1 cm³/mol. The van der Waals surface area contributed by atoms with E-state index in [0.29, 0.717) is 32.5 Å². The topological polar surface area (TPSA) is 84.5 Å². The lowest BCUT2D eigenvalue weighted by molar-refractivity contribution is -0.121. The molecule has 7 heteroatoms. The quantitative estimate of drug-likeness (QED) is 0.629. The third-order valence-electron chi connectivity index (χ3n) is 3.04. The molecule has 124 valence electrons. The summed E-state index contributed by atoms with van der Waals surface area (Å²) in [6.45, 7) is 3.31. The lowest BCUT2D eigenvalue weighted by Gasteiger charge is -2.07. The molecular weight excluding hydrogens is 304 g/mol. The molecule has 0 aliphatic carbocycles. The van der Waals surface area contributed by atoms with Crippen LogP contribution in [0.2, 0.25) is 0 Å². The summed E-state index contributed by atoms with van der Waals surface area (Å²) in [6.07, 6.45) is 1.68. The predicted octanol–water partition coefficient (Wildman–Crippen LogP) is 1.07. The molecule has 1 amide bonds. The Hall–Kier alpha value is -1.44. The molecule has 0 heterocycles. The van der Waals surface area contributed by atoms with Crippen LogP contribution in [-0.4, -0.2) is 41.1 Å². The summed E-state index contributed by atoms with van der Waals surface area (Å²) in [5, 5.41) is 2.74. The summed E-state index contributed by atoms with van der Waals surface area (Å²) >= 11 is 0. The maximum absolute atomic E-state index is 11.9. The van der Waals surface area contributed by atoms with E-state index in [2.05, 4.69) is 10.0 Å². The fraction of sp³-hybridized carbons (Fsp3) is 0.533. The first-order valence-corrected chi connectivity index (χ1v) is 8.82. The smallest absolute Gasteiger partial charge is 0.240 e. The average Bonchev–Trinajstić information content (AvgIpc) is 2.52. The van der Waals surface area contributed by atoms with Crippen molar-refractivity contribution >= 4 is 15.9 Å². The highest BCUT2D eigenvalue weighted by molar-refractivity contribution is 7.89. The second-order valence-electron chi connectivity index (χ2n) is 4.88. The van der Waals surface area contributed by atoms with Crippen LogP contribution in [0, 0.1) is 0 Å². The zero-order valence-corrected chi connectivity index (χ0v) is 13.9. The summed E-state index contributed by atoms with van der Waals surface area (Å²) in [7, 11) is -1.85. The number of aryl methyl sites for hydroxylation is 1. The van der Waals surface area contributed by atoms with Gasteiger partial charge in [0.05, 0.1) is 11.5 Å². The molecule has 0 saturated carbocycles. The SMILES string of the molecule is CCCNS(=O)(=O)c1ccc(CCC(=O)NCCOC)cc1. The maximum Gasteiger partial charge on any atom is 0.240 e. The van der Waals surface area contributed by atoms with Crippen LogP contribution in [0.1, 0.15) is 25.3 Å². The van der Waals surface area contributed by atoms with Crippen molar-refractivity contribution in [3.05, 3.63) is 29.8 Å². The van der Waals surface area contributed by atoms with Gasteiger partial charge < -0.3 is 10.1 Å². The number of amides is 1. The Morgan fingerprint density at radius 3 is 2.45 bits per heavy atom. The number of hydrogen-bond donors (Lipinski definition) is 2. The van der Waals surface area contributed by atoms with Gasteiger partial charge in [-0.3, -0.25) is 4.79 Å². The molecule has 0 aromatic heterocycles. The van der Waals surface area contributed by atoms with E-state index in [-0.39, 0.29) is 10.8 Å². The Morgan fingerprint density at radius 2 is 1.86 bits per heavy atom. The lowest BCUT2D eigenvalue weighted by Crippen LogP contribution is -2.27. The fourth-order valence-electron chi connectivity index (χ4n) is 1.79. The zero-order valence-electron chi connectivity index (χ0n) is 13.1. The molecule has 0 bridgehead atoms.